The smallest absolute Gasteiger partial charge is 0.137 e. The molecular formula is C28H29FN2O. The molecule has 1 aromatic rings. The van der Waals surface area contributed by atoms with Crippen LogP contribution >= 0.6 is 0 Å². The van der Waals surface area contributed by atoms with E-state index in [1.54, 1.807) is 31.2 Å². The molecule has 164 valence electrons. The number of hydrogen-bond acceptors (Lipinski definition) is 3. The van der Waals surface area contributed by atoms with Crippen molar-refractivity contribution in [2.45, 2.75) is 71.6 Å². The lowest BCUT2D eigenvalue weighted by Gasteiger charge is -2.45. The van der Waals surface area contributed by atoms with Crippen LogP contribution in [0, 0.1) is 33.9 Å². The van der Waals surface area contributed by atoms with E-state index >= 15 is 4.39 Å². The van der Waals surface area contributed by atoms with Crippen LogP contribution in [0.2, 0.25) is 0 Å². The highest BCUT2D eigenvalue weighted by atomic mass is 19.1. The second kappa shape index (κ2) is 7.79. The van der Waals surface area contributed by atoms with Gasteiger partial charge < -0.3 is 4.74 Å². The molecule has 1 aliphatic heterocycles. The third kappa shape index (κ3) is 3.91. The van der Waals surface area contributed by atoms with Crippen LogP contribution in [0.25, 0.3) is 6.08 Å². The van der Waals surface area contributed by atoms with Crippen molar-refractivity contribution in [2.75, 3.05) is 0 Å². The minimum absolute atomic E-state index is 0.0166. The van der Waals surface area contributed by atoms with Gasteiger partial charge in [-0.05, 0) is 96.4 Å². The standard InChI is InChI=1S/C28H29FN2O/c1-17-10-20(21(15-30)16-31)11-22(32-17)7-6-18-12-24-25-19(8-9-28(24,4)5)13-27(2,3)14-23(25)26(18)29/h6-7,10-12,19H,8-9,13-14H2,1-5H3/b7-6+. The molecule has 0 fully saturated rings. The maximum Gasteiger partial charge on any atom is 0.137 e. The van der Waals surface area contributed by atoms with Gasteiger partial charge in [0.2, 0.25) is 0 Å². The lowest BCUT2D eigenvalue weighted by atomic mass is 9.59. The van der Waals surface area contributed by atoms with E-state index in [0.29, 0.717) is 28.6 Å². The molecule has 0 aromatic heterocycles. The van der Waals surface area contributed by atoms with Gasteiger partial charge in [0.25, 0.3) is 0 Å². The lowest BCUT2D eigenvalue weighted by molar-refractivity contribution is 0.241. The number of allylic oxidation sites excluding steroid dienone is 6. The topological polar surface area (TPSA) is 56.8 Å². The van der Waals surface area contributed by atoms with Crippen LogP contribution in [0.3, 0.4) is 0 Å². The van der Waals surface area contributed by atoms with Crippen LogP contribution in [0.4, 0.5) is 4.39 Å². The van der Waals surface area contributed by atoms with Gasteiger partial charge in [-0.25, -0.2) is 4.39 Å². The fourth-order valence-corrected chi connectivity index (χ4v) is 5.52. The van der Waals surface area contributed by atoms with E-state index in [4.69, 9.17) is 4.74 Å². The zero-order valence-electron chi connectivity index (χ0n) is 19.5. The van der Waals surface area contributed by atoms with Crippen LogP contribution in [-0.4, -0.2) is 0 Å². The summed E-state index contributed by atoms with van der Waals surface area (Å²) in [6.07, 6.45) is 10.9. The Morgan fingerprint density at radius 1 is 1.16 bits per heavy atom. The molecule has 4 heteroatoms. The number of halogens is 1. The van der Waals surface area contributed by atoms with Crippen LogP contribution in [0.5, 0.6) is 0 Å². The molecule has 1 heterocycles. The number of benzene rings is 1. The molecule has 0 amide bonds. The van der Waals surface area contributed by atoms with Crippen LogP contribution in [-0.2, 0) is 16.6 Å². The van der Waals surface area contributed by atoms with Gasteiger partial charge >= 0.3 is 0 Å². The first-order valence-electron chi connectivity index (χ1n) is 11.2. The van der Waals surface area contributed by atoms with Gasteiger partial charge in [-0.1, -0.05) is 27.7 Å². The first-order valence-corrected chi connectivity index (χ1v) is 11.2. The van der Waals surface area contributed by atoms with Crippen LogP contribution in [0.15, 0.2) is 47.0 Å². The van der Waals surface area contributed by atoms with Crippen molar-refractivity contribution >= 4 is 6.08 Å². The summed E-state index contributed by atoms with van der Waals surface area (Å²) in [7, 11) is 0. The zero-order valence-corrected chi connectivity index (χ0v) is 19.5. The van der Waals surface area contributed by atoms with Gasteiger partial charge in [-0.3, -0.25) is 0 Å². The Balaban J connectivity index is 1.80. The maximum absolute atomic E-state index is 15.8. The van der Waals surface area contributed by atoms with Crippen molar-refractivity contribution in [1.82, 2.24) is 0 Å². The summed E-state index contributed by atoms with van der Waals surface area (Å²) in [4.78, 5) is 0. The summed E-state index contributed by atoms with van der Waals surface area (Å²) in [5, 5.41) is 18.4. The molecule has 1 aromatic carbocycles. The van der Waals surface area contributed by atoms with Crippen molar-refractivity contribution in [3.8, 4) is 12.1 Å². The second-order valence-electron chi connectivity index (χ2n) is 10.7. The van der Waals surface area contributed by atoms with Crippen LogP contribution in [0.1, 0.15) is 82.1 Å². The minimum Gasteiger partial charge on any atom is -0.462 e. The van der Waals surface area contributed by atoms with E-state index in [1.807, 2.05) is 18.2 Å². The second-order valence-corrected chi connectivity index (χ2v) is 10.7. The fraction of sp³-hybridized carbons (Fsp3) is 0.429. The summed E-state index contributed by atoms with van der Waals surface area (Å²) in [6.45, 7) is 10.8. The molecule has 2 aliphatic carbocycles. The molecule has 0 spiro atoms. The Morgan fingerprint density at radius 2 is 1.88 bits per heavy atom. The highest BCUT2D eigenvalue weighted by Gasteiger charge is 2.42. The third-order valence-electron chi connectivity index (χ3n) is 7.02. The molecule has 3 nitrogen and oxygen atoms in total. The van der Waals surface area contributed by atoms with Crippen molar-refractivity contribution in [3.05, 3.63) is 75.0 Å². The predicted molar refractivity (Wildman–Crippen MR) is 124 cm³/mol. The highest BCUT2D eigenvalue weighted by molar-refractivity contribution is 5.62. The molecule has 0 radical (unpaired) electrons. The Morgan fingerprint density at radius 3 is 2.56 bits per heavy atom. The summed E-state index contributed by atoms with van der Waals surface area (Å²) in [6, 6.07) is 5.84. The van der Waals surface area contributed by atoms with E-state index in [1.165, 1.54) is 11.1 Å². The minimum atomic E-state index is -0.135. The van der Waals surface area contributed by atoms with E-state index in [9.17, 15) is 10.5 Å². The van der Waals surface area contributed by atoms with E-state index in [0.717, 1.165) is 31.2 Å². The number of ether oxygens (including phenoxy) is 1. The van der Waals surface area contributed by atoms with Crippen LogP contribution < -0.4 is 0 Å². The van der Waals surface area contributed by atoms with Gasteiger partial charge in [0, 0.05) is 11.1 Å². The van der Waals surface area contributed by atoms with E-state index in [2.05, 4.69) is 27.7 Å². The molecule has 1 unspecified atom stereocenters. The monoisotopic (exact) mass is 428 g/mol. The first kappa shape index (κ1) is 22.1. The summed E-state index contributed by atoms with van der Waals surface area (Å²) >= 11 is 0. The van der Waals surface area contributed by atoms with Crippen molar-refractivity contribution in [1.29, 1.82) is 10.5 Å². The average molecular weight is 429 g/mol. The quantitative estimate of drug-likeness (QED) is 0.471. The van der Waals surface area contributed by atoms with E-state index < -0.39 is 0 Å². The molecular weight excluding hydrogens is 399 g/mol. The molecule has 0 bridgehead atoms. The molecule has 0 saturated heterocycles. The first-order chi connectivity index (χ1) is 15.0. The number of hydrogen-bond donors (Lipinski definition) is 0. The Kier molecular flexibility index (Phi) is 5.38. The van der Waals surface area contributed by atoms with Gasteiger partial charge in [0.05, 0.1) is 0 Å². The van der Waals surface area contributed by atoms with Gasteiger partial charge in [0.15, 0.2) is 0 Å². The fourth-order valence-electron chi connectivity index (χ4n) is 5.52. The van der Waals surface area contributed by atoms with E-state index in [-0.39, 0.29) is 22.2 Å². The highest BCUT2D eigenvalue weighted by Crippen LogP contribution is 2.53. The summed E-state index contributed by atoms with van der Waals surface area (Å²) in [5.41, 5.74) is 4.59. The van der Waals surface area contributed by atoms with Crippen molar-refractivity contribution in [3.63, 3.8) is 0 Å². The normalized spacial score (nSPS) is 22.8. The van der Waals surface area contributed by atoms with Gasteiger partial charge in [0.1, 0.15) is 35.0 Å². The Hall–Kier alpha value is -3.11. The lowest BCUT2D eigenvalue weighted by Crippen LogP contribution is -2.35. The number of rotatable bonds is 2. The Bertz CT molecular complexity index is 1180. The number of nitriles is 2. The molecule has 32 heavy (non-hydrogen) atoms. The van der Waals surface area contributed by atoms with Gasteiger partial charge in [-0.15, -0.1) is 0 Å². The zero-order chi connectivity index (χ0) is 23.3. The molecule has 3 aliphatic rings. The number of nitrogens with zero attached hydrogens (tertiary/aromatic N) is 2. The molecule has 0 saturated carbocycles. The molecule has 4 rings (SSSR count). The third-order valence-corrected chi connectivity index (χ3v) is 7.02. The summed E-state index contributed by atoms with van der Waals surface area (Å²) < 4.78 is 21.5. The largest absolute Gasteiger partial charge is 0.462 e. The molecule has 0 N–H and O–H groups in total. The SMILES string of the molecule is CC1=CC(=C(C#N)C#N)C=C(/C=C/c2cc3c4c(c2F)CC(C)(C)CC4CCC3(C)C)O1. The average Bonchev–Trinajstić information content (AvgIpc) is 2.71. The Labute approximate surface area is 190 Å². The summed E-state index contributed by atoms with van der Waals surface area (Å²) in [5.74, 6) is 1.36. The van der Waals surface area contributed by atoms with Crippen molar-refractivity contribution in [2.24, 2.45) is 5.41 Å². The predicted octanol–water partition coefficient (Wildman–Crippen LogP) is 7.13. The van der Waals surface area contributed by atoms with Gasteiger partial charge in [-0.2, -0.15) is 10.5 Å². The maximum atomic E-state index is 15.8. The van der Waals surface area contributed by atoms with Crippen molar-refractivity contribution < 1.29 is 9.13 Å². The molecule has 1 atom stereocenters.